The zero-order valence-corrected chi connectivity index (χ0v) is 10.5. The van der Waals surface area contributed by atoms with Crippen LogP contribution < -0.4 is 16.2 Å². The predicted molar refractivity (Wildman–Crippen MR) is 67.1 cm³/mol. The fourth-order valence-corrected chi connectivity index (χ4v) is 1.33. The van der Waals surface area contributed by atoms with E-state index in [1.807, 2.05) is 0 Å². The molecule has 3 N–H and O–H groups in total. The number of aromatic amines is 1. The van der Waals surface area contributed by atoms with Crippen molar-refractivity contribution in [3.8, 4) is 0 Å². The van der Waals surface area contributed by atoms with E-state index >= 15 is 0 Å². The number of nitrogens with zero attached hydrogens (tertiary/aromatic N) is 2. The van der Waals surface area contributed by atoms with Crippen LogP contribution in [0.25, 0.3) is 0 Å². The van der Waals surface area contributed by atoms with Crippen LogP contribution in [0.3, 0.4) is 0 Å². The highest BCUT2D eigenvalue weighted by Crippen LogP contribution is 2.06. The first-order valence-electron chi connectivity index (χ1n) is 5.62. The molecule has 0 atom stereocenters. The smallest absolute Gasteiger partial charge is 0.272 e. The molecule has 0 saturated heterocycles. The van der Waals surface area contributed by atoms with Crippen LogP contribution in [0.5, 0.6) is 0 Å². The molecule has 2 aromatic rings. The average Bonchev–Trinajstić information content (AvgIpc) is 2.82. The first-order chi connectivity index (χ1) is 9.54. The number of hydrogen-bond acceptors (Lipinski definition) is 6. The molecule has 20 heavy (non-hydrogen) atoms. The van der Waals surface area contributed by atoms with Gasteiger partial charge in [0.25, 0.3) is 11.5 Å². The summed E-state index contributed by atoms with van der Waals surface area (Å²) in [5, 5.41) is 14.0. The maximum absolute atomic E-state index is 11.6. The lowest BCUT2D eigenvalue weighted by atomic mass is 10.3. The van der Waals surface area contributed by atoms with Gasteiger partial charge in [0, 0.05) is 12.1 Å². The van der Waals surface area contributed by atoms with Crippen molar-refractivity contribution in [2.24, 2.45) is 0 Å². The summed E-state index contributed by atoms with van der Waals surface area (Å²) in [6.45, 7) is 1.43. The predicted octanol–water partition coefficient (Wildman–Crippen LogP) is -0.565. The summed E-state index contributed by atoms with van der Waals surface area (Å²) in [6, 6.07) is 3.97. The average molecular weight is 277 g/mol. The Balaban J connectivity index is 1.85. The van der Waals surface area contributed by atoms with Gasteiger partial charge in [0.05, 0.1) is 6.54 Å². The maximum Gasteiger partial charge on any atom is 0.272 e. The Labute approximate surface area is 112 Å². The molecule has 2 heterocycles. The summed E-state index contributed by atoms with van der Waals surface area (Å²) in [5.41, 5.74) is -0.407. The summed E-state index contributed by atoms with van der Waals surface area (Å²) in [4.78, 5) is 33.9. The first-order valence-corrected chi connectivity index (χ1v) is 5.62. The normalized spacial score (nSPS) is 10.1. The molecule has 0 spiro atoms. The Bertz CT molecular complexity index is 670. The van der Waals surface area contributed by atoms with Crippen molar-refractivity contribution in [2.45, 2.75) is 6.92 Å². The second kappa shape index (κ2) is 5.78. The van der Waals surface area contributed by atoms with Crippen molar-refractivity contribution >= 4 is 17.6 Å². The Morgan fingerprint density at radius 3 is 2.80 bits per heavy atom. The number of rotatable bonds is 4. The molecule has 0 aliphatic rings. The topological polar surface area (TPSA) is 130 Å². The monoisotopic (exact) mass is 277 g/mol. The highest BCUT2D eigenvalue weighted by molar-refractivity contribution is 5.97. The van der Waals surface area contributed by atoms with Gasteiger partial charge in [-0.1, -0.05) is 5.16 Å². The number of H-pyrrole nitrogens is 1. The summed E-state index contributed by atoms with van der Waals surface area (Å²) >= 11 is 0. The highest BCUT2D eigenvalue weighted by Gasteiger charge is 2.10. The molecule has 0 aliphatic carbocycles. The van der Waals surface area contributed by atoms with Gasteiger partial charge < -0.3 is 15.2 Å². The van der Waals surface area contributed by atoms with Crippen molar-refractivity contribution in [1.29, 1.82) is 0 Å². The molecular formula is C11H11N5O4. The van der Waals surface area contributed by atoms with E-state index in [-0.39, 0.29) is 18.1 Å². The van der Waals surface area contributed by atoms with Crippen molar-refractivity contribution in [2.75, 3.05) is 11.9 Å². The summed E-state index contributed by atoms with van der Waals surface area (Å²) in [5.74, 6) is -0.213. The molecule has 0 aromatic carbocycles. The maximum atomic E-state index is 11.6. The van der Waals surface area contributed by atoms with Gasteiger partial charge in [-0.3, -0.25) is 14.4 Å². The number of amides is 2. The molecule has 0 fully saturated rings. The molecule has 0 saturated carbocycles. The zero-order chi connectivity index (χ0) is 14.5. The van der Waals surface area contributed by atoms with Gasteiger partial charge in [-0.05, 0) is 13.0 Å². The SMILES string of the molecule is Cc1cc(NC(=O)CNC(=O)c2ccc(=O)[nH]n2)no1. The van der Waals surface area contributed by atoms with Crippen LogP contribution in [-0.2, 0) is 4.79 Å². The molecule has 2 rings (SSSR count). The molecule has 0 bridgehead atoms. The van der Waals surface area contributed by atoms with Crippen LogP contribution in [0.2, 0.25) is 0 Å². The Morgan fingerprint density at radius 2 is 2.20 bits per heavy atom. The third-order valence-electron chi connectivity index (χ3n) is 2.22. The van der Waals surface area contributed by atoms with E-state index < -0.39 is 17.4 Å². The lowest BCUT2D eigenvalue weighted by Crippen LogP contribution is -2.33. The highest BCUT2D eigenvalue weighted by atomic mass is 16.5. The molecule has 9 nitrogen and oxygen atoms in total. The number of anilines is 1. The van der Waals surface area contributed by atoms with Gasteiger partial charge in [-0.25, -0.2) is 5.10 Å². The lowest BCUT2D eigenvalue weighted by Gasteiger charge is -2.03. The van der Waals surface area contributed by atoms with Gasteiger partial charge in [-0.2, -0.15) is 5.10 Å². The van der Waals surface area contributed by atoms with Gasteiger partial charge in [0.1, 0.15) is 11.5 Å². The summed E-state index contributed by atoms with van der Waals surface area (Å²) in [7, 11) is 0. The Kier molecular flexibility index (Phi) is 3.89. The number of aryl methyl sites for hydroxylation is 1. The Hall–Kier alpha value is -2.97. The van der Waals surface area contributed by atoms with Crippen LogP contribution in [-0.4, -0.2) is 33.7 Å². The second-order valence-electron chi connectivity index (χ2n) is 3.86. The van der Waals surface area contributed by atoms with Gasteiger partial charge in [0.15, 0.2) is 5.82 Å². The third-order valence-corrected chi connectivity index (χ3v) is 2.22. The minimum Gasteiger partial charge on any atom is -0.360 e. The number of carbonyl (C=O) groups excluding carboxylic acids is 2. The van der Waals surface area contributed by atoms with Gasteiger partial charge in [-0.15, -0.1) is 0 Å². The number of nitrogens with one attached hydrogen (secondary N) is 3. The molecule has 9 heteroatoms. The first kappa shape index (κ1) is 13.5. The molecule has 0 radical (unpaired) electrons. The Morgan fingerprint density at radius 1 is 1.40 bits per heavy atom. The lowest BCUT2D eigenvalue weighted by molar-refractivity contribution is -0.115. The fraction of sp³-hybridized carbons (Fsp3) is 0.182. The number of aromatic nitrogens is 3. The molecule has 2 aromatic heterocycles. The van der Waals surface area contributed by atoms with Crippen LogP contribution in [0.15, 0.2) is 27.5 Å². The van der Waals surface area contributed by atoms with E-state index in [0.717, 1.165) is 0 Å². The standard InChI is InChI=1S/C11H11N5O4/c1-6-4-8(16-20-6)13-10(18)5-12-11(19)7-2-3-9(17)15-14-7/h2-4H,5H2,1H3,(H,12,19)(H,15,17)(H,13,16,18). The number of hydrogen-bond donors (Lipinski definition) is 3. The molecule has 104 valence electrons. The van der Waals surface area contributed by atoms with Crippen molar-refractivity contribution in [3.63, 3.8) is 0 Å². The second-order valence-corrected chi connectivity index (χ2v) is 3.86. The fourth-order valence-electron chi connectivity index (χ4n) is 1.33. The van der Waals surface area contributed by atoms with Crippen LogP contribution in [0.4, 0.5) is 5.82 Å². The molecule has 0 unspecified atom stereocenters. The van der Waals surface area contributed by atoms with E-state index in [1.54, 1.807) is 13.0 Å². The third kappa shape index (κ3) is 3.51. The molecule has 2 amide bonds. The summed E-state index contributed by atoms with van der Waals surface area (Å²) in [6.07, 6.45) is 0. The van der Waals surface area contributed by atoms with Crippen LogP contribution >= 0.6 is 0 Å². The molecule has 0 aliphatic heterocycles. The van der Waals surface area contributed by atoms with Crippen LogP contribution in [0, 0.1) is 6.92 Å². The van der Waals surface area contributed by atoms with E-state index in [1.165, 1.54) is 12.1 Å². The van der Waals surface area contributed by atoms with Crippen molar-refractivity contribution < 1.29 is 14.1 Å². The van der Waals surface area contributed by atoms with Crippen molar-refractivity contribution in [1.82, 2.24) is 20.7 Å². The van der Waals surface area contributed by atoms with E-state index in [2.05, 4.69) is 26.0 Å². The quantitative estimate of drug-likeness (QED) is 0.686. The molecular weight excluding hydrogens is 266 g/mol. The summed E-state index contributed by atoms with van der Waals surface area (Å²) < 4.78 is 4.78. The minimum absolute atomic E-state index is 0.00896. The minimum atomic E-state index is -0.576. The zero-order valence-electron chi connectivity index (χ0n) is 10.5. The van der Waals surface area contributed by atoms with E-state index in [9.17, 15) is 14.4 Å². The van der Waals surface area contributed by atoms with Crippen LogP contribution in [0.1, 0.15) is 16.2 Å². The van der Waals surface area contributed by atoms with E-state index in [4.69, 9.17) is 4.52 Å². The number of carbonyl (C=O) groups is 2. The van der Waals surface area contributed by atoms with Crippen molar-refractivity contribution in [3.05, 3.63) is 40.0 Å². The largest absolute Gasteiger partial charge is 0.360 e. The van der Waals surface area contributed by atoms with Gasteiger partial charge >= 0.3 is 0 Å². The van der Waals surface area contributed by atoms with E-state index in [0.29, 0.717) is 5.76 Å². The van der Waals surface area contributed by atoms with Gasteiger partial charge in [0.2, 0.25) is 5.91 Å².